The number of hydrogen-bond acceptors (Lipinski definition) is 3. The Balaban J connectivity index is 1.53. The van der Waals surface area contributed by atoms with Gasteiger partial charge in [0.1, 0.15) is 5.82 Å². The third-order valence-corrected chi connectivity index (χ3v) is 5.03. The van der Waals surface area contributed by atoms with Crippen molar-refractivity contribution in [3.05, 3.63) is 89.7 Å². The van der Waals surface area contributed by atoms with Crippen LogP contribution in [-0.4, -0.2) is 17.6 Å². The molecule has 0 radical (unpaired) electrons. The highest BCUT2D eigenvalue weighted by Crippen LogP contribution is 2.22. The molecule has 0 aliphatic heterocycles. The number of para-hydroxylation sites is 1. The molecule has 3 aromatic rings. The van der Waals surface area contributed by atoms with E-state index in [0.29, 0.717) is 5.69 Å². The first-order valence-electron chi connectivity index (χ1n) is 8.67. The number of anilines is 2. The highest BCUT2D eigenvalue weighted by atomic mass is 32.2. The van der Waals surface area contributed by atoms with E-state index in [-0.39, 0.29) is 17.2 Å². The summed E-state index contributed by atoms with van der Waals surface area (Å²) in [6.07, 6.45) is 0. The molecule has 0 atom stereocenters. The summed E-state index contributed by atoms with van der Waals surface area (Å²) in [5, 5.41) is 5.55. The lowest BCUT2D eigenvalue weighted by Crippen LogP contribution is -2.14. The smallest absolute Gasteiger partial charge is 0.258 e. The second-order valence-electron chi connectivity index (χ2n) is 6.11. The topological polar surface area (TPSA) is 58.2 Å². The summed E-state index contributed by atoms with van der Waals surface area (Å²) >= 11 is 1.40. The Morgan fingerprint density at radius 1 is 0.893 bits per heavy atom. The highest BCUT2D eigenvalue weighted by molar-refractivity contribution is 8.00. The molecule has 6 heteroatoms. The van der Waals surface area contributed by atoms with Gasteiger partial charge in [-0.25, -0.2) is 4.39 Å². The number of halogens is 1. The zero-order valence-corrected chi connectivity index (χ0v) is 16.1. The molecular weight excluding hydrogens is 375 g/mol. The van der Waals surface area contributed by atoms with Crippen LogP contribution in [0, 0.1) is 12.7 Å². The number of thioether (sulfide) groups is 1. The fourth-order valence-electron chi connectivity index (χ4n) is 2.53. The van der Waals surface area contributed by atoms with Crippen molar-refractivity contribution in [1.82, 2.24) is 0 Å². The van der Waals surface area contributed by atoms with E-state index >= 15 is 0 Å². The first-order chi connectivity index (χ1) is 13.5. The molecule has 0 aromatic heterocycles. The van der Waals surface area contributed by atoms with Crippen molar-refractivity contribution in [2.24, 2.45) is 0 Å². The van der Waals surface area contributed by atoms with Crippen LogP contribution >= 0.6 is 11.8 Å². The lowest BCUT2D eigenvalue weighted by molar-refractivity contribution is -0.113. The maximum atomic E-state index is 13.7. The molecule has 28 heavy (non-hydrogen) atoms. The van der Waals surface area contributed by atoms with Gasteiger partial charge in [0, 0.05) is 16.3 Å². The molecule has 0 saturated carbocycles. The SMILES string of the molecule is Cc1ccccc1NC(=O)CSc1ccc(NC(=O)c2ccccc2F)cc1. The fraction of sp³-hybridized carbons (Fsp3) is 0.0909. The molecule has 0 bridgehead atoms. The predicted molar refractivity (Wildman–Crippen MR) is 111 cm³/mol. The lowest BCUT2D eigenvalue weighted by Gasteiger charge is -2.09. The van der Waals surface area contributed by atoms with Crippen LogP contribution in [0.15, 0.2) is 77.7 Å². The summed E-state index contributed by atoms with van der Waals surface area (Å²) in [5.74, 6) is -0.880. The maximum Gasteiger partial charge on any atom is 0.258 e. The summed E-state index contributed by atoms with van der Waals surface area (Å²) in [4.78, 5) is 25.1. The number of carbonyl (C=O) groups is 2. The minimum absolute atomic E-state index is 0.00571. The summed E-state index contributed by atoms with van der Waals surface area (Å²) in [7, 11) is 0. The van der Waals surface area contributed by atoms with Gasteiger partial charge in [0.25, 0.3) is 5.91 Å². The molecule has 2 amide bonds. The predicted octanol–water partition coefficient (Wildman–Crippen LogP) is 5.12. The Labute approximate surface area is 167 Å². The Bertz CT molecular complexity index is 990. The van der Waals surface area contributed by atoms with Gasteiger partial charge >= 0.3 is 0 Å². The minimum Gasteiger partial charge on any atom is -0.325 e. The van der Waals surface area contributed by atoms with Gasteiger partial charge in [0.05, 0.1) is 11.3 Å². The molecular formula is C22H19FN2O2S. The number of carbonyl (C=O) groups excluding carboxylic acids is 2. The van der Waals surface area contributed by atoms with Crippen LogP contribution in [0.1, 0.15) is 15.9 Å². The van der Waals surface area contributed by atoms with Crippen molar-refractivity contribution in [3.63, 3.8) is 0 Å². The Morgan fingerprint density at radius 3 is 2.29 bits per heavy atom. The normalized spacial score (nSPS) is 10.4. The molecule has 3 aromatic carbocycles. The van der Waals surface area contributed by atoms with Crippen LogP contribution in [0.3, 0.4) is 0 Å². The Kier molecular flexibility index (Phi) is 6.45. The lowest BCUT2D eigenvalue weighted by atomic mass is 10.2. The average molecular weight is 394 g/mol. The highest BCUT2D eigenvalue weighted by Gasteiger charge is 2.11. The minimum atomic E-state index is -0.563. The zero-order chi connectivity index (χ0) is 19.9. The van der Waals surface area contributed by atoms with E-state index in [1.807, 2.05) is 43.3 Å². The molecule has 4 nitrogen and oxygen atoms in total. The van der Waals surface area contributed by atoms with Gasteiger partial charge in [-0.2, -0.15) is 0 Å². The molecule has 2 N–H and O–H groups in total. The van der Waals surface area contributed by atoms with Gasteiger partial charge in [-0.05, 0) is 55.0 Å². The van der Waals surface area contributed by atoms with Crippen molar-refractivity contribution in [2.45, 2.75) is 11.8 Å². The molecule has 0 aliphatic rings. The van der Waals surface area contributed by atoms with E-state index in [0.717, 1.165) is 16.1 Å². The Morgan fingerprint density at radius 2 is 1.57 bits per heavy atom. The molecule has 3 rings (SSSR count). The van der Waals surface area contributed by atoms with E-state index in [4.69, 9.17) is 0 Å². The van der Waals surface area contributed by atoms with Crippen molar-refractivity contribution < 1.29 is 14.0 Å². The monoisotopic (exact) mass is 394 g/mol. The molecule has 0 aliphatic carbocycles. The molecule has 0 spiro atoms. The summed E-state index contributed by atoms with van der Waals surface area (Å²) < 4.78 is 13.7. The number of rotatable bonds is 6. The van der Waals surface area contributed by atoms with Gasteiger partial charge in [-0.1, -0.05) is 30.3 Å². The number of hydrogen-bond donors (Lipinski definition) is 2. The van der Waals surface area contributed by atoms with Gasteiger partial charge in [0.15, 0.2) is 0 Å². The Hall–Kier alpha value is -3.12. The fourth-order valence-corrected chi connectivity index (χ4v) is 3.23. The summed E-state index contributed by atoms with van der Waals surface area (Å²) in [6, 6.07) is 20.5. The molecule has 142 valence electrons. The largest absolute Gasteiger partial charge is 0.325 e. The van der Waals surface area contributed by atoms with Crippen LogP contribution in [0.5, 0.6) is 0 Å². The first kappa shape index (κ1) is 19.6. The van der Waals surface area contributed by atoms with Gasteiger partial charge in [-0.3, -0.25) is 9.59 Å². The average Bonchev–Trinajstić information content (AvgIpc) is 2.69. The van der Waals surface area contributed by atoms with Gasteiger partial charge < -0.3 is 10.6 Å². The number of amides is 2. The molecule has 0 fully saturated rings. The van der Waals surface area contributed by atoms with Crippen molar-refractivity contribution in [2.75, 3.05) is 16.4 Å². The van der Waals surface area contributed by atoms with Crippen LogP contribution in [0.2, 0.25) is 0 Å². The molecule has 0 unspecified atom stereocenters. The summed E-state index contributed by atoms with van der Waals surface area (Å²) in [5.41, 5.74) is 2.37. The van der Waals surface area contributed by atoms with Gasteiger partial charge in [0.2, 0.25) is 5.91 Å². The second kappa shape index (κ2) is 9.19. The van der Waals surface area contributed by atoms with Crippen molar-refractivity contribution in [3.8, 4) is 0 Å². The van der Waals surface area contributed by atoms with Crippen molar-refractivity contribution in [1.29, 1.82) is 0 Å². The van der Waals surface area contributed by atoms with Crippen LogP contribution in [0.4, 0.5) is 15.8 Å². The molecule has 0 heterocycles. The van der Waals surface area contributed by atoms with Gasteiger partial charge in [-0.15, -0.1) is 11.8 Å². The quantitative estimate of drug-likeness (QED) is 0.571. The molecule has 0 saturated heterocycles. The standard InChI is InChI=1S/C22H19FN2O2S/c1-15-6-2-5-9-20(15)25-21(26)14-28-17-12-10-16(11-13-17)24-22(27)18-7-3-4-8-19(18)23/h2-13H,14H2,1H3,(H,24,27)(H,25,26). The van der Waals surface area contributed by atoms with Crippen LogP contribution in [-0.2, 0) is 4.79 Å². The third-order valence-electron chi connectivity index (χ3n) is 4.02. The number of benzene rings is 3. The first-order valence-corrected chi connectivity index (χ1v) is 9.66. The van der Waals surface area contributed by atoms with Crippen LogP contribution < -0.4 is 10.6 Å². The van der Waals surface area contributed by atoms with E-state index < -0.39 is 11.7 Å². The number of aryl methyl sites for hydroxylation is 1. The zero-order valence-electron chi connectivity index (χ0n) is 15.2. The number of nitrogens with one attached hydrogen (secondary N) is 2. The van der Waals surface area contributed by atoms with Crippen LogP contribution in [0.25, 0.3) is 0 Å². The second-order valence-corrected chi connectivity index (χ2v) is 7.16. The third kappa shape index (κ3) is 5.20. The van der Waals surface area contributed by atoms with Crippen molar-refractivity contribution >= 4 is 35.0 Å². The summed E-state index contributed by atoms with van der Waals surface area (Å²) in [6.45, 7) is 1.94. The van der Waals surface area contributed by atoms with E-state index in [1.54, 1.807) is 18.2 Å². The van der Waals surface area contributed by atoms with E-state index in [1.165, 1.54) is 30.0 Å². The van der Waals surface area contributed by atoms with E-state index in [2.05, 4.69) is 10.6 Å². The van der Waals surface area contributed by atoms with E-state index in [9.17, 15) is 14.0 Å². The maximum absolute atomic E-state index is 13.7.